The summed E-state index contributed by atoms with van der Waals surface area (Å²) in [4.78, 5) is 10.1. The molecule has 0 bridgehead atoms. The second-order valence-corrected chi connectivity index (χ2v) is 2.90. The van der Waals surface area contributed by atoms with Gasteiger partial charge in [0, 0.05) is 0 Å². The van der Waals surface area contributed by atoms with Crippen LogP contribution in [0.25, 0.3) is 0 Å². The summed E-state index contributed by atoms with van der Waals surface area (Å²) in [6.45, 7) is 3.44. The van der Waals surface area contributed by atoms with Crippen molar-refractivity contribution in [2.45, 2.75) is 32.5 Å². The first-order valence-corrected chi connectivity index (χ1v) is 3.53. The highest BCUT2D eigenvalue weighted by atomic mass is 16.4. The highest BCUT2D eigenvalue weighted by Crippen LogP contribution is 2.08. The smallest absolute Gasteiger partial charge is 0.306 e. The van der Waals surface area contributed by atoms with Gasteiger partial charge in [0.15, 0.2) is 0 Å². The van der Waals surface area contributed by atoms with Gasteiger partial charge in [0.1, 0.15) is 0 Å². The molecule has 0 saturated carbocycles. The highest BCUT2D eigenvalue weighted by molar-refractivity contribution is 5.67. The molecule has 2 unspecified atom stereocenters. The highest BCUT2D eigenvalue weighted by Gasteiger charge is 2.21. The van der Waals surface area contributed by atoms with E-state index in [9.17, 15) is 4.79 Å². The van der Waals surface area contributed by atoms with E-state index in [2.05, 4.69) is 0 Å². The van der Waals surface area contributed by atoms with Crippen molar-refractivity contribution in [1.82, 2.24) is 0 Å². The maximum atomic E-state index is 10.1. The molecular formula is C7H14O4. The van der Waals surface area contributed by atoms with E-state index in [0.29, 0.717) is 0 Å². The molecule has 3 N–H and O–H groups in total. The Balaban J connectivity index is 3.82. The van der Waals surface area contributed by atoms with Gasteiger partial charge in [-0.2, -0.15) is 0 Å². The van der Waals surface area contributed by atoms with Gasteiger partial charge in [0.2, 0.25) is 0 Å². The van der Waals surface area contributed by atoms with Crippen LogP contribution >= 0.6 is 0 Å². The summed E-state index contributed by atoms with van der Waals surface area (Å²) >= 11 is 0. The summed E-state index contributed by atoms with van der Waals surface area (Å²) in [5.41, 5.74) is 0. The van der Waals surface area contributed by atoms with Gasteiger partial charge in [-0.05, 0) is 5.92 Å². The summed E-state index contributed by atoms with van der Waals surface area (Å²) in [7, 11) is 0. The van der Waals surface area contributed by atoms with Crippen molar-refractivity contribution in [1.29, 1.82) is 0 Å². The number of carboxylic acids is 1. The molecule has 0 spiro atoms. The van der Waals surface area contributed by atoms with E-state index in [1.54, 1.807) is 13.8 Å². The fourth-order valence-electron chi connectivity index (χ4n) is 0.744. The number of rotatable bonds is 4. The molecule has 66 valence electrons. The van der Waals surface area contributed by atoms with Crippen molar-refractivity contribution in [3.05, 3.63) is 0 Å². The number of aliphatic hydroxyl groups excluding tert-OH is 2. The third kappa shape index (κ3) is 3.95. The van der Waals surface area contributed by atoms with Crippen molar-refractivity contribution in [2.24, 2.45) is 5.92 Å². The minimum absolute atomic E-state index is 0.121. The van der Waals surface area contributed by atoms with Crippen LogP contribution in [0.2, 0.25) is 0 Å². The van der Waals surface area contributed by atoms with Gasteiger partial charge in [0.25, 0.3) is 0 Å². The van der Waals surface area contributed by atoms with Crippen molar-refractivity contribution in [2.75, 3.05) is 0 Å². The molecule has 11 heavy (non-hydrogen) atoms. The Morgan fingerprint density at radius 3 is 2.09 bits per heavy atom. The zero-order chi connectivity index (χ0) is 9.02. The summed E-state index contributed by atoms with van der Waals surface area (Å²) < 4.78 is 0. The summed E-state index contributed by atoms with van der Waals surface area (Å²) in [5.74, 6) is -1.22. The van der Waals surface area contributed by atoms with Gasteiger partial charge >= 0.3 is 5.97 Å². The molecule has 0 aliphatic rings. The third-order valence-electron chi connectivity index (χ3n) is 1.46. The zero-order valence-corrected chi connectivity index (χ0v) is 6.69. The Kier molecular flexibility index (Phi) is 4.07. The molecule has 0 saturated heterocycles. The number of carboxylic acid groups (broad SMARTS) is 1. The van der Waals surface area contributed by atoms with Crippen LogP contribution < -0.4 is 0 Å². The monoisotopic (exact) mass is 162 g/mol. The molecule has 0 aromatic heterocycles. The van der Waals surface area contributed by atoms with Gasteiger partial charge in [-0.25, -0.2) is 0 Å². The lowest BCUT2D eigenvalue weighted by molar-refractivity contribution is -0.141. The first-order chi connectivity index (χ1) is 4.95. The zero-order valence-electron chi connectivity index (χ0n) is 6.69. The molecule has 4 heteroatoms. The molecule has 0 aliphatic carbocycles. The molecular weight excluding hydrogens is 148 g/mol. The van der Waals surface area contributed by atoms with Crippen molar-refractivity contribution in [3.63, 3.8) is 0 Å². The summed E-state index contributed by atoms with van der Waals surface area (Å²) in [6, 6.07) is 0. The van der Waals surface area contributed by atoms with Gasteiger partial charge in [-0.15, -0.1) is 0 Å². The van der Waals surface area contributed by atoms with E-state index in [1.165, 1.54) is 0 Å². The lowest BCUT2D eigenvalue weighted by atomic mass is 10.00. The Labute approximate surface area is 65.5 Å². The van der Waals surface area contributed by atoms with Crippen molar-refractivity contribution >= 4 is 5.97 Å². The van der Waals surface area contributed by atoms with Crippen LogP contribution in [0.3, 0.4) is 0 Å². The lowest BCUT2D eigenvalue weighted by Crippen LogP contribution is -2.32. The summed E-state index contributed by atoms with van der Waals surface area (Å²) in [6.07, 6.45) is -2.52. The fourth-order valence-corrected chi connectivity index (χ4v) is 0.744. The third-order valence-corrected chi connectivity index (χ3v) is 1.46. The van der Waals surface area contributed by atoms with E-state index < -0.39 is 24.6 Å². The SMILES string of the molecule is CC(C)C(O)C(O)CC(=O)O. The number of hydrogen-bond donors (Lipinski definition) is 3. The first kappa shape index (κ1) is 10.4. The molecule has 0 rings (SSSR count). The minimum atomic E-state index is -1.16. The average Bonchev–Trinajstić information content (AvgIpc) is 1.84. The van der Waals surface area contributed by atoms with Crippen LogP contribution in [-0.4, -0.2) is 33.5 Å². The molecule has 0 amide bonds. The number of aliphatic hydroxyl groups is 2. The van der Waals surface area contributed by atoms with Gasteiger partial charge in [-0.3, -0.25) is 4.79 Å². The van der Waals surface area contributed by atoms with Crippen LogP contribution in [0.1, 0.15) is 20.3 Å². The van der Waals surface area contributed by atoms with Crippen LogP contribution in [0, 0.1) is 5.92 Å². The Bertz CT molecular complexity index is 132. The van der Waals surface area contributed by atoms with Crippen molar-refractivity contribution in [3.8, 4) is 0 Å². The second-order valence-electron chi connectivity index (χ2n) is 2.90. The molecule has 2 atom stereocenters. The molecule has 0 heterocycles. The number of aliphatic carboxylic acids is 1. The molecule has 0 aliphatic heterocycles. The van der Waals surface area contributed by atoms with E-state index in [-0.39, 0.29) is 5.92 Å². The van der Waals surface area contributed by atoms with E-state index in [0.717, 1.165) is 0 Å². The van der Waals surface area contributed by atoms with Crippen molar-refractivity contribution < 1.29 is 20.1 Å². The molecule has 0 fully saturated rings. The van der Waals surface area contributed by atoms with E-state index >= 15 is 0 Å². The maximum absolute atomic E-state index is 10.1. The van der Waals surface area contributed by atoms with Gasteiger partial charge < -0.3 is 15.3 Å². The van der Waals surface area contributed by atoms with Crippen LogP contribution in [0.5, 0.6) is 0 Å². The molecule has 0 aromatic carbocycles. The number of carbonyl (C=O) groups is 1. The topological polar surface area (TPSA) is 77.8 Å². The van der Waals surface area contributed by atoms with Gasteiger partial charge in [-0.1, -0.05) is 13.8 Å². The van der Waals surface area contributed by atoms with Gasteiger partial charge in [0.05, 0.1) is 18.6 Å². The first-order valence-electron chi connectivity index (χ1n) is 3.53. The normalized spacial score (nSPS) is 16.5. The van der Waals surface area contributed by atoms with Crippen LogP contribution in [0.4, 0.5) is 0 Å². The molecule has 0 radical (unpaired) electrons. The Hall–Kier alpha value is -0.610. The maximum Gasteiger partial charge on any atom is 0.306 e. The molecule has 4 nitrogen and oxygen atoms in total. The predicted molar refractivity (Wildman–Crippen MR) is 39.1 cm³/mol. The fraction of sp³-hybridized carbons (Fsp3) is 0.857. The largest absolute Gasteiger partial charge is 0.481 e. The lowest BCUT2D eigenvalue weighted by Gasteiger charge is -2.18. The second kappa shape index (κ2) is 4.31. The van der Waals surface area contributed by atoms with E-state index in [1.807, 2.05) is 0 Å². The standard InChI is InChI=1S/C7H14O4/c1-4(2)7(11)5(8)3-6(9)10/h4-5,7-8,11H,3H2,1-2H3,(H,9,10). The van der Waals surface area contributed by atoms with Crippen LogP contribution in [-0.2, 0) is 4.79 Å². The quantitative estimate of drug-likeness (QED) is 0.536. The summed E-state index contributed by atoms with van der Waals surface area (Å²) in [5, 5.41) is 26.4. The number of hydrogen-bond acceptors (Lipinski definition) is 3. The predicted octanol–water partition coefficient (Wildman–Crippen LogP) is -0.161. The Morgan fingerprint density at radius 2 is 1.82 bits per heavy atom. The van der Waals surface area contributed by atoms with Crippen LogP contribution in [0.15, 0.2) is 0 Å². The minimum Gasteiger partial charge on any atom is -0.481 e. The average molecular weight is 162 g/mol. The molecule has 0 aromatic rings. The van der Waals surface area contributed by atoms with E-state index in [4.69, 9.17) is 15.3 Å². The Morgan fingerprint density at radius 1 is 1.36 bits per heavy atom.